The van der Waals surface area contributed by atoms with Gasteiger partial charge in [0, 0.05) is 20.5 Å². The highest BCUT2D eigenvalue weighted by Gasteiger charge is 2.35. The van der Waals surface area contributed by atoms with Gasteiger partial charge in [-0.2, -0.15) is 13.2 Å². The molecule has 2 amide bonds. The van der Waals surface area contributed by atoms with Gasteiger partial charge in [-0.3, -0.25) is 9.59 Å². The molecule has 0 fully saturated rings. The van der Waals surface area contributed by atoms with E-state index in [2.05, 4.69) is 5.32 Å². The number of amides is 2. The third kappa shape index (κ3) is 4.97. The molecule has 0 saturated carbocycles. The van der Waals surface area contributed by atoms with E-state index in [1.807, 2.05) is 0 Å². The first-order valence-electron chi connectivity index (χ1n) is 8.41. The van der Waals surface area contributed by atoms with Crippen molar-refractivity contribution in [3.05, 3.63) is 64.7 Å². The van der Waals surface area contributed by atoms with E-state index >= 15 is 0 Å². The van der Waals surface area contributed by atoms with E-state index in [9.17, 15) is 27.6 Å². The molecule has 2 rings (SSSR count). The fourth-order valence-electron chi connectivity index (χ4n) is 2.62. The second-order valence-corrected chi connectivity index (χ2v) is 6.28. The van der Waals surface area contributed by atoms with Crippen LogP contribution in [0.25, 0.3) is 0 Å². The number of alkyl halides is 3. The summed E-state index contributed by atoms with van der Waals surface area (Å²) < 4.78 is 39.5. The zero-order valence-corrected chi connectivity index (χ0v) is 15.3. The molecule has 5 nitrogen and oxygen atoms in total. The van der Waals surface area contributed by atoms with Crippen molar-refractivity contribution in [1.82, 2.24) is 4.90 Å². The number of benzene rings is 2. The zero-order valence-electron chi connectivity index (χ0n) is 15.3. The van der Waals surface area contributed by atoms with Crippen LogP contribution in [0.15, 0.2) is 42.5 Å². The molecule has 2 aromatic carbocycles. The summed E-state index contributed by atoms with van der Waals surface area (Å²) in [4.78, 5) is 36.8. The normalized spacial score (nSPS) is 11.0. The average Bonchev–Trinajstić information content (AvgIpc) is 2.65. The van der Waals surface area contributed by atoms with Gasteiger partial charge in [-0.25, -0.2) is 0 Å². The summed E-state index contributed by atoms with van der Waals surface area (Å²) in [6.45, 7) is 0. The Bertz CT molecular complexity index is 893. The molecule has 1 N–H and O–H groups in total. The van der Waals surface area contributed by atoms with Crippen molar-refractivity contribution >= 4 is 23.8 Å². The summed E-state index contributed by atoms with van der Waals surface area (Å²) in [5, 5.41) is 2.40. The molecule has 0 aliphatic rings. The van der Waals surface area contributed by atoms with Gasteiger partial charge in [0.25, 0.3) is 11.8 Å². The highest BCUT2D eigenvalue weighted by molar-refractivity contribution is 6.09. The summed E-state index contributed by atoms with van der Waals surface area (Å²) in [6.07, 6.45) is -3.27. The van der Waals surface area contributed by atoms with E-state index in [1.165, 1.54) is 43.3 Å². The highest BCUT2D eigenvalue weighted by Crippen LogP contribution is 2.32. The summed E-state index contributed by atoms with van der Waals surface area (Å²) in [6, 6.07) is 9.01. The predicted molar refractivity (Wildman–Crippen MR) is 98.2 cm³/mol. The first-order chi connectivity index (χ1) is 13.1. The molecule has 0 heterocycles. The van der Waals surface area contributed by atoms with Crippen LogP contribution in [0.4, 0.5) is 18.9 Å². The smallest absolute Gasteiger partial charge is 0.345 e. The topological polar surface area (TPSA) is 66.5 Å². The Balaban J connectivity index is 2.41. The number of hydrogen-bond donors (Lipinski definition) is 1. The molecule has 0 unspecified atom stereocenters. The number of nitrogens with one attached hydrogen (secondary N) is 1. The molecular weight excluding hydrogens is 373 g/mol. The Morgan fingerprint density at radius 3 is 2.36 bits per heavy atom. The minimum absolute atomic E-state index is 0.0931. The molecule has 2 aromatic rings. The van der Waals surface area contributed by atoms with Gasteiger partial charge in [0.2, 0.25) is 0 Å². The number of rotatable bonds is 6. The summed E-state index contributed by atoms with van der Waals surface area (Å²) in [5.74, 6) is -1.39. The molecule has 0 atom stereocenters. The second-order valence-electron chi connectivity index (χ2n) is 6.28. The molecule has 0 radical (unpaired) electrons. The number of hydrogen-bond acceptors (Lipinski definition) is 3. The molecule has 0 aliphatic carbocycles. The lowest BCUT2D eigenvalue weighted by molar-refractivity contribution is -0.137. The van der Waals surface area contributed by atoms with Gasteiger partial charge in [0.1, 0.15) is 6.29 Å². The lowest BCUT2D eigenvalue weighted by Gasteiger charge is -2.17. The fraction of sp³-hybridized carbons (Fsp3) is 0.250. The van der Waals surface area contributed by atoms with Crippen molar-refractivity contribution in [2.45, 2.75) is 19.0 Å². The molecule has 28 heavy (non-hydrogen) atoms. The van der Waals surface area contributed by atoms with Gasteiger partial charge >= 0.3 is 6.18 Å². The van der Waals surface area contributed by atoms with Gasteiger partial charge in [-0.1, -0.05) is 18.2 Å². The highest BCUT2D eigenvalue weighted by atomic mass is 19.4. The van der Waals surface area contributed by atoms with Gasteiger partial charge in [0.15, 0.2) is 0 Å². The first kappa shape index (κ1) is 21.1. The van der Waals surface area contributed by atoms with Crippen LogP contribution in [0.2, 0.25) is 0 Å². The minimum Gasteiger partial charge on any atom is -0.345 e. The van der Waals surface area contributed by atoms with Gasteiger partial charge in [-0.15, -0.1) is 0 Å². The van der Waals surface area contributed by atoms with Gasteiger partial charge < -0.3 is 15.0 Å². The number of anilines is 1. The van der Waals surface area contributed by atoms with Crippen LogP contribution in [-0.2, 0) is 17.4 Å². The third-order valence-electron chi connectivity index (χ3n) is 4.00. The zero-order chi connectivity index (χ0) is 20.9. The van der Waals surface area contributed by atoms with Gasteiger partial charge in [-0.05, 0) is 36.2 Å². The number of nitrogens with zero attached hydrogens (tertiary/aromatic N) is 1. The van der Waals surface area contributed by atoms with Crippen LogP contribution in [0.5, 0.6) is 0 Å². The van der Waals surface area contributed by atoms with Crippen molar-refractivity contribution in [3.8, 4) is 0 Å². The monoisotopic (exact) mass is 392 g/mol. The number of carbonyl (C=O) groups excluding carboxylic acids is 3. The Hall–Kier alpha value is -3.16. The van der Waals surface area contributed by atoms with Gasteiger partial charge in [0.05, 0.1) is 22.4 Å². The number of aldehydes is 1. The van der Waals surface area contributed by atoms with Crippen molar-refractivity contribution in [3.63, 3.8) is 0 Å². The Morgan fingerprint density at radius 1 is 1.07 bits per heavy atom. The molecule has 0 spiro atoms. The molecule has 0 aliphatic heterocycles. The molecule has 0 bridgehead atoms. The maximum absolute atomic E-state index is 13.2. The van der Waals surface area contributed by atoms with E-state index in [-0.39, 0.29) is 17.7 Å². The lowest BCUT2D eigenvalue weighted by Crippen LogP contribution is -2.25. The van der Waals surface area contributed by atoms with E-state index in [0.29, 0.717) is 12.0 Å². The number of carbonyl (C=O) groups is 3. The largest absolute Gasteiger partial charge is 0.417 e. The quantitative estimate of drug-likeness (QED) is 0.761. The minimum atomic E-state index is -4.69. The van der Waals surface area contributed by atoms with Crippen LogP contribution in [0.1, 0.15) is 38.3 Å². The van der Waals surface area contributed by atoms with Crippen LogP contribution < -0.4 is 5.32 Å². The Kier molecular flexibility index (Phi) is 6.56. The van der Waals surface area contributed by atoms with E-state index in [1.54, 1.807) is 6.07 Å². The van der Waals surface area contributed by atoms with E-state index in [0.717, 1.165) is 18.4 Å². The van der Waals surface area contributed by atoms with Crippen molar-refractivity contribution in [1.29, 1.82) is 0 Å². The van der Waals surface area contributed by atoms with Crippen molar-refractivity contribution in [2.75, 3.05) is 19.4 Å². The number of halogens is 3. The Labute approximate surface area is 160 Å². The average molecular weight is 392 g/mol. The van der Waals surface area contributed by atoms with Crippen molar-refractivity contribution < 1.29 is 27.6 Å². The van der Waals surface area contributed by atoms with Crippen LogP contribution in [0, 0.1) is 0 Å². The van der Waals surface area contributed by atoms with E-state index < -0.39 is 29.1 Å². The SMILES string of the molecule is CN(C)C(=O)c1cc(CCC=O)ccc1NC(=O)c1ccccc1C(F)(F)F. The molecule has 8 heteroatoms. The number of aryl methyl sites for hydroxylation is 1. The van der Waals surface area contributed by atoms with Crippen LogP contribution >= 0.6 is 0 Å². The maximum atomic E-state index is 13.2. The molecule has 148 valence electrons. The fourth-order valence-corrected chi connectivity index (χ4v) is 2.62. The standard InChI is InChI=1S/C20H19F3N2O3/c1-25(2)19(28)15-12-13(6-5-11-26)9-10-17(15)24-18(27)14-7-3-4-8-16(14)20(21,22)23/h3-4,7-12H,5-6H2,1-2H3,(H,24,27). The molecule has 0 aromatic heterocycles. The predicted octanol–water partition coefficient (Wildman–Crippen LogP) is 3.79. The molecular formula is C20H19F3N2O3. The first-order valence-corrected chi connectivity index (χ1v) is 8.41. The summed E-state index contributed by atoms with van der Waals surface area (Å²) >= 11 is 0. The third-order valence-corrected chi connectivity index (χ3v) is 4.00. The second kappa shape index (κ2) is 8.69. The summed E-state index contributed by atoms with van der Waals surface area (Å²) in [5.41, 5.74) is -0.674. The van der Waals surface area contributed by atoms with E-state index in [4.69, 9.17) is 0 Å². The maximum Gasteiger partial charge on any atom is 0.417 e. The summed E-state index contributed by atoms with van der Waals surface area (Å²) in [7, 11) is 3.04. The Morgan fingerprint density at radius 2 is 1.75 bits per heavy atom. The lowest BCUT2D eigenvalue weighted by atomic mass is 10.0. The molecule has 0 saturated heterocycles. The van der Waals surface area contributed by atoms with Crippen LogP contribution in [-0.4, -0.2) is 37.1 Å². The van der Waals surface area contributed by atoms with Crippen LogP contribution in [0.3, 0.4) is 0 Å². The van der Waals surface area contributed by atoms with Crippen molar-refractivity contribution in [2.24, 2.45) is 0 Å².